The maximum atomic E-state index is 11.2. The molecule has 1 aliphatic rings. The monoisotopic (exact) mass is 189 g/mol. The molecule has 0 aliphatic heterocycles. The Morgan fingerprint density at radius 3 is 2.58 bits per heavy atom. The maximum absolute atomic E-state index is 11.2. The van der Waals surface area contributed by atoms with E-state index in [1.165, 1.54) is 19.3 Å². The first-order chi connectivity index (χ1) is 5.83. The molecule has 1 unspecified atom stereocenters. The van der Waals surface area contributed by atoms with Crippen molar-refractivity contribution in [1.82, 2.24) is 0 Å². The summed E-state index contributed by atoms with van der Waals surface area (Å²) in [7, 11) is -1.35. The van der Waals surface area contributed by atoms with Crippen molar-refractivity contribution >= 4 is 8.03 Å². The van der Waals surface area contributed by atoms with E-state index in [2.05, 4.69) is 0 Å². The Labute approximate surface area is 75.6 Å². The quantitative estimate of drug-likeness (QED) is 0.633. The molecule has 0 bridgehead atoms. The van der Waals surface area contributed by atoms with Gasteiger partial charge in [-0.1, -0.05) is 26.2 Å². The Balaban J connectivity index is 2.15. The topological polar surface area (TPSA) is 26.3 Å². The predicted octanol–water partition coefficient (Wildman–Crippen LogP) is 3.49. The Hall–Kier alpha value is 0.0600. The van der Waals surface area contributed by atoms with Crippen LogP contribution in [0.2, 0.25) is 0 Å². The highest BCUT2D eigenvalue weighted by Crippen LogP contribution is 2.31. The van der Waals surface area contributed by atoms with Crippen molar-refractivity contribution in [2.45, 2.75) is 51.6 Å². The van der Waals surface area contributed by atoms with Crippen molar-refractivity contribution in [2.75, 3.05) is 6.16 Å². The van der Waals surface area contributed by atoms with Gasteiger partial charge in [-0.25, -0.2) is 0 Å². The maximum Gasteiger partial charge on any atom is 0.508 e. The lowest BCUT2D eigenvalue weighted by atomic mass is 9.98. The molecule has 12 heavy (non-hydrogen) atoms. The molecule has 1 rings (SSSR count). The fourth-order valence-electron chi connectivity index (χ4n) is 1.57. The van der Waals surface area contributed by atoms with E-state index in [0.717, 1.165) is 25.4 Å². The Morgan fingerprint density at radius 1 is 1.33 bits per heavy atom. The highest BCUT2D eigenvalue weighted by Gasteiger charge is 2.24. The zero-order chi connectivity index (χ0) is 8.81. The molecular weight excluding hydrogens is 171 g/mol. The second-order valence-corrected chi connectivity index (χ2v) is 4.75. The van der Waals surface area contributed by atoms with Crippen LogP contribution in [0.4, 0.5) is 0 Å². The van der Waals surface area contributed by atoms with Gasteiger partial charge in [0.05, 0.1) is 0 Å². The van der Waals surface area contributed by atoms with E-state index in [4.69, 9.17) is 4.52 Å². The van der Waals surface area contributed by atoms with Crippen LogP contribution in [0, 0.1) is 0 Å². The summed E-state index contributed by atoms with van der Waals surface area (Å²) in [6.45, 7) is 2.04. The third-order valence-corrected chi connectivity index (χ3v) is 3.57. The molecule has 3 heteroatoms. The summed E-state index contributed by atoms with van der Waals surface area (Å²) < 4.78 is 16.7. The van der Waals surface area contributed by atoms with Crippen LogP contribution >= 0.6 is 8.03 Å². The third kappa shape index (κ3) is 3.64. The lowest BCUT2D eigenvalue weighted by molar-refractivity contribution is 0.166. The molecule has 1 atom stereocenters. The first-order valence-electron chi connectivity index (χ1n) is 4.94. The molecule has 70 valence electrons. The van der Waals surface area contributed by atoms with Crippen molar-refractivity contribution in [3.63, 3.8) is 0 Å². The minimum Gasteiger partial charge on any atom is -0.143 e. The molecule has 0 N–H and O–H groups in total. The molecule has 2 nitrogen and oxygen atoms in total. The highest BCUT2D eigenvalue weighted by atomic mass is 31.1. The molecule has 1 aliphatic carbocycles. The van der Waals surface area contributed by atoms with E-state index in [9.17, 15) is 4.57 Å². The summed E-state index contributed by atoms with van der Waals surface area (Å²) in [5.41, 5.74) is 0. The SMILES string of the molecule is CCC[P+](=O)OC1CCCCC1. The van der Waals surface area contributed by atoms with Gasteiger partial charge in [-0.2, -0.15) is 0 Å². The van der Waals surface area contributed by atoms with Crippen molar-refractivity contribution in [2.24, 2.45) is 0 Å². The largest absolute Gasteiger partial charge is 0.508 e. The molecule has 0 spiro atoms. The number of hydrogen-bond acceptors (Lipinski definition) is 2. The fraction of sp³-hybridized carbons (Fsp3) is 1.00. The average Bonchev–Trinajstić information content (AvgIpc) is 2.06. The van der Waals surface area contributed by atoms with Gasteiger partial charge in [-0.05, 0) is 23.8 Å². The third-order valence-electron chi connectivity index (χ3n) is 2.23. The molecule has 0 heterocycles. The number of rotatable bonds is 4. The van der Waals surface area contributed by atoms with Crippen molar-refractivity contribution in [3.8, 4) is 0 Å². The molecule has 0 aromatic heterocycles. The zero-order valence-corrected chi connectivity index (χ0v) is 8.69. The predicted molar refractivity (Wildman–Crippen MR) is 50.7 cm³/mol. The van der Waals surface area contributed by atoms with Gasteiger partial charge in [0.2, 0.25) is 0 Å². The van der Waals surface area contributed by atoms with Crippen LogP contribution in [-0.2, 0) is 9.09 Å². The lowest BCUT2D eigenvalue weighted by Crippen LogP contribution is -2.13. The van der Waals surface area contributed by atoms with Gasteiger partial charge < -0.3 is 0 Å². The minimum absolute atomic E-state index is 0.300. The van der Waals surface area contributed by atoms with Crippen LogP contribution in [0.5, 0.6) is 0 Å². The van der Waals surface area contributed by atoms with Crippen LogP contribution in [0.3, 0.4) is 0 Å². The lowest BCUT2D eigenvalue weighted by Gasteiger charge is -2.15. The second kappa shape index (κ2) is 5.66. The van der Waals surface area contributed by atoms with Gasteiger partial charge in [0.1, 0.15) is 6.10 Å². The molecule has 1 fully saturated rings. The first kappa shape index (κ1) is 10.1. The highest BCUT2D eigenvalue weighted by molar-refractivity contribution is 7.39. The standard InChI is InChI=1S/C9H18O2P/c1-2-8-12(10)11-9-6-4-3-5-7-9/h9H,2-8H2,1H3/q+1. The van der Waals surface area contributed by atoms with Gasteiger partial charge in [-0.15, -0.1) is 4.52 Å². The summed E-state index contributed by atoms with van der Waals surface area (Å²) in [4.78, 5) is 0. The smallest absolute Gasteiger partial charge is 0.143 e. The van der Waals surface area contributed by atoms with Crippen LogP contribution < -0.4 is 0 Å². The van der Waals surface area contributed by atoms with E-state index >= 15 is 0 Å². The minimum atomic E-state index is -1.35. The van der Waals surface area contributed by atoms with Gasteiger partial charge in [0.25, 0.3) is 0 Å². The van der Waals surface area contributed by atoms with Crippen LogP contribution in [-0.4, -0.2) is 12.3 Å². The summed E-state index contributed by atoms with van der Waals surface area (Å²) in [6, 6.07) is 0. The van der Waals surface area contributed by atoms with Gasteiger partial charge in [0.15, 0.2) is 6.16 Å². The average molecular weight is 189 g/mol. The Kier molecular flexibility index (Phi) is 4.79. The molecule has 0 aromatic carbocycles. The molecule has 0 aromatic rings. The normalized spacial score (nSPS) is 20.9. The van der Waals surface area contributed by atoms with Crippen molar-refractivity contribution < 1.29 is 9.09 Å². The van der Waals surface area contributed by atoms with E-state index in [-0.39, 0.29) is 0 Å². The van der Waals surface area contributed by atoms with Crippen molar-refractivity contribution in [1.29, 1.82) is 0 Å². The molecule has 0 amide bonds. The van der Waals surface area contributed by atoms with Gasteiger partial charge in [0, 0.05) is 0 Å². The molecular formula is C9H18O2P+. The van der Waals surface area contributed by atoms with Crippen LogP contribution in [0.1, 0.15) is 45.4 Å². The summed E-state index contributed by atoms with van der Waals surface area (Å²) in [5, 5.41) is 0. The van der Waals surface area contributed by atoms with Gasteiger partial charge >= 0.3 is 8.03 Å². The summed E-state index contributed by atoms with van der Waals surface area (Å²) in [6.07, 6.45) is 8.04. The number of hydrogen-bond donors (Lipinski definition) is 0. The summed E-state index contributed by atoms with van der Waals surface area (Å²) >= 11 is 0. The van der Waals surface area contributed by atoms with Crippen molar-refractivity contribution in [3.05, 3.63) is 0 Å². The Morgan fingerprint density at radius 2 is 2.00 bits per heavy atom. The molecule has 0 saturated heterocycles. The summed E-state index contributed by atoms with van der Waals surface area (Å²) in [5.74, 6) is 0. The van der Waals surface area contributed by atoms with Gasteiger partial charge in [-0.3, -0.25) is 0 Å². The second-order valence-electron chi connectivity index (χ2n) is 3.42. The van der Waals surface area contributed by atoms with E-state index in [0.29, 0.717) is 6.10 Å². The van der Waals surface area contributed by atoms with E-state index < -0.39 is 8.03 Å². The van der Waals surface area contributed by atoms with Crippen LogP contribution in [0.15, 0.2) is 0 Å². The molecule has 0 radical (unpaired) electrons. The van der Waals surface area contributed by atoms with E-state index in [1.807, 2.05) is 6.92 Å². The van der Waals surface area contributed by atoms with E-state index in [1.54, 1.807) is 0 Å². The van der Waals surface area contributed by atoms with Crippen LogP contribution in [0.25, 0.3) is 0 Å². The Bertz CT molecular complexity index is 141. The first-order valence-corrected chi connectivity index (χ1v) is 6.30. The zero-order valence-electron chi connectivity index (χ0n) is 7.79. The fourth-order valence-corrected chi connectivity index (χ4v) is 2.59. The molecule has 1 saturated carbocycles.